The zero-order valence-electron chi connectivity index (χ0n) is 15.2. The minimum atomic E-state index is -1.74. The van der Waals surface area contributed by atoms with Crippen molar-refractivity contribution in [1.29, 1.82) is 0 Å². The standard InChI is InChI=1S/C18H18BrCl3N2O4S/c1-17(19)9-29-15-12(23-11(25)7-10-5-3-2-4-6-10)14(26)24(15)13(17)16(27)28-8-18(20,21)22/h2-6,12-13,15H,7-9H2,1H3,(H,23,25)/t12-,13+,15-,17-/m1/s1. The molecule has 29 heavy (non-hydrogen) atoms. The minimum Gasteiger partial charge on any atom is -0.460 e. The Morgan fingerprint density at radius 1 is 1.34 bits per heavy atom. The summed E-state index contributed by atoms with van der Waals surface area (Å²) < 4.78 is 2.67. The summed E-state index contributed by atoms with van der Waals surface area (Å²) in [6.07, 6.45) is 0.173. The molecule has 0 bridgehead atoms. The molecule has 4 atom stereocenters. The van der Waals surface area contributed by atoms with Crippen molar-refractivity contribution >= 4 is 80.3 Å². The van der Waals surface area contributed by atoms with Crippen LogP contribution in [0.15, 0.2) is 30.3 Å². The third-order valence-corrected chi connectivity index (χ3v) is 7.61. The molecule has 2 aliphatic rings. The Bertz CT molecular complexity index is 806. The van der Waals surface area contributed by atoms with E-state index in [0.29, 0.717) is 5.75 Å². The van der Waals surface area contributed by atoms with Crippen LogP contribution in [-0.4, -0.2) is 60.6 Å². The second-order valence-electron chi connectivity index (χ2n) is 7.06. The number of halogens is 4. The number of alkyl halides is 4. The van der Waals surface area contributed by atoms with Gasteiger partial charge >= 0.3 is 5.97 Å². The van der Waals surface area contributed by atoms with Crippen molar-refractivity contribution in [1.82, 2.24) is 10.2 Å². The average molecular weight is 545 g/mol. The molecule has 0 aromatic heterocycles. The van der Waals surface area contributed by atoms with Gasteiger partial charge in [0.25, 0.3) is 0 Å². The van der Waals surface area contributed by atoms with Crippen LogP contribution in [0.4, 0.5) is 0 Å². The number of hydrogen-bond donors (Lipinski definition) is 1. The van der Waals surface area contributed by atoms with Gasteiger partial charge in [-0.2, -0.15) is 0 Å². The number of esters is 1. The number of benzene rings is 1. The smallest absolute Gasteiger partial charge is 0.330 e. The number of nitrogens with one attached hydrogen (secondary N) is 1. The Balaban J connectivity index is 1.66. The molecule has 0 spiro atoms. The quantitative estimate of drug-likeness (QED) is 0.350. The normalized spacial score (nSPS) is 28.9. The van der Waals surface area contributed by atoms with E-state index < -0.39 is 32.8 Å². The van der Waals surface area contributed by atoms with Crippen LogP contribution in [0.3, 0.4) is 0 Å². The highest BCUT2D eigenvalue weighted by molar-refractivity contribution is 9.10. The second-order valence-corrected chi connectivity index (χ2v) is 12.5. The van der Waals surface area contributed by atoms with Gasteiger partial charge in [0.1, 0.15) is 24.1 Å². The molecule has 1 aromatic carbocycles. The zero-order chi connectivity index (χ0) is 21.4. The van der Waals surface area contributed by atoms with E-state index in [4.69, 9.17) is 39.5 Å². The largest absolute Gasteiger partial charge is 0.460 e. The van der Waals surface area contributed by atoms with Gasteiger partial charge < -0.3 is 15.0 Å². The van der Waals surface area contributed by atoms with Crippen molar-refractivity contribution in [2.24, 2.45) is 0 Å². The maximum absolute atomic E-state index is 12.8. The lowest BCUT2D eigenvalue weighted by Gasteiger charge is -2.56. The fourth-order valence-corrected chi connectivity index (χ4v) is 5.67. The number of thioether (sulfide) groups is 1. The van der Waals surface area contributed by atoms with Crippen molar-refractivity contribution in [3.8, 4) is 0 Å². The highest BCUT2D eigenvalue weighted by Gasteiger charge is 2.61. The summed E-state index contributed by atoms with van der Waals surface area (Å²) in [5.41, 5.74) is 0.853. The van der Waals surface area contributed by atoms with Gasteiger partial charge in [-0.15, -0.1) is 11.8 Å². The van der Waals surface area contributed by atoms with E-state index in [1.807, 2.05) is 30.3 Å². The Morgan fingerprint density at radius 3 is 2.62 bits per heavy atom. The van der Waals surface area contributed by atoms with E-state index in [9.17, 15) is 14.4 Å². The fourth-order valence-electron chi connectivity index (χ4n) is 3.28. The van der Waals surface area contributed by atoms with Gasteiger partial charge in [0.15, 0.2) is 0 Å². The van der Waals surface area contributed by atoms with Crippen molar-refractivity contribution in [3.63, 3.8) is 0 Å². The third kappa shape index (κ3) is 5.34. The van der Waals surface area contributed by atoms with Gasteiger partial charge in [-0.3, -0.25) is 9.59 Å². The van der Waals surface area contributed by atoms with E-state index in [-0.39, 0.29) is 23.6 Å². The van der Waals surface area contributed by atoms with Crippen molar-refractivity contribution < 1.29 is 19.1 Å². The summed E-state index contributed by atoms with van der Waals surface area (Å²) in [6.45, 7) is 1.37. The molecule has 0 radical (unpaired) electrons. The summed E-state index contributed by atoms with van der Waals surface area (Å²) in [4.78, 5) is 39.2. The molecule has 1 aromatic rings. The molecule has 0 saturated carbocycles. The lowest BCUT2D eigenvalue weighted by Crippen LogP contribution is -2.78. The highest BCUT2D eigenvalue weighted by Crippen LogP contribution is 2.46. The van der Waals surface area contributed by atoms with E-state index in [2.05, 4.69) is 21.2 Å². The van der Waals surface area contributed by atoms with Crippen LogP contribution < -0.4 is 5.32 Å². The van der Waals surface area contributed by atoms with Crippen LogP contribution in [0.1, 0.15) is 12.5 Å². The topological polar surface area (TPSA) is 75.7 Å². The number of β-lactam (4-membered cyclic amide) rings is 1. The average Bonchev–Trinajstić information content (AvgIpc) is 2.63. The minimum absolute atomic E-state index is 0.173. The molecule has 2 heterocycles. The molecule has 3 rings (SSSR count). The van der Waals surface area contributed by atoms with Gasteiger partial charge in [-0.05, 0) is 12.5 Å². The van der Waals surface area contributed by atoms with Crippen LogP contribution in [0.2, 0.25) is 0 Å². The molecule has 1 N–H and O–H groups in total. The summed E-state index contributed by atoms with van der Waals surface area (Å²) in [6, 6.07) is 7.67. The first kappa shape index (κ1) is 23.0. The highest BCUT2D eigenvalue weighted by atomic mass is 79.9. The molecule has 2 saturated heterocycles. The SMILES string of the molecule is C[C@@]1(Br)CS[C@@H]2[C@H](NC(=O)Cc3ccccc3)C(=O)N2[C@H]1C(=O)OCC(Cl)(Cl)Cl. The molecule has 0 unspecified atom stereocenters. The molecule has 158 valence electrons. The summed E-state index contributed by atoms with van der Waals surface area (Å²) in [7, 11) is 0. The maximum atomic E-state index is 12.8. The third-order valence-electron chi connectivity index (χ3n) is 4.59. The van der Waals surface area contributed by atoms with Crippen LogP contribution in [0, 0.1) is 0 Å². The Kier molecular flexibility index (Phi) is 7.00. The predicted molar refractivity (Wildman–Crippen MR) is 118 cm³/mol. The molecule has 2 aliphatic heterocycles. The van der Waals surface area contributed by atoms with E-state index >= 15 is 0 Å². The molecule has 2 amide bonds. The van der Waals surface area contributed by atoms with E-state index in [1.165, 1.54) is 16.7 Å². The van der Waals surface area contributed by atoms with Gasteiger partial charge in [0, 0.05) is 5.75 Å². The summed E-state index contributed by atoms with van der Waals surface area (Å²) >= 11 is 22.0. The van der Waals surface area contributed by atoms with Gasteiger partial charge in [-0.25, -0.2) is 4.79 Å². The van der Waals surface area contributed by atoms with E-state index in [0.717, 1.165) is 5.56 Å². The molecule has 0 aliphatic carbocycles. The number of nitrogens with zero attached hydrogens (tertiary/aromatic N) is 1. The lowest BCUT2D eigenvalue weighted by molar-refractivity contribution is -0.166. The van der Waals surface area contributed by atoms with Gasteiger partial charge in [0.2, 0.25) is 15.6 Å². The maximum Gasteiger partial charge on any atom is 0.330 e. The van der Waals surface area contributed by atoms with Gasteiger partial charge in [0.05, 0.1) is 10.7 Å². The number of hydrogen-bond acceptors (Lipinski definition) is 5. The Morgan fingerprint density at radius 2 is 2.00 bits per heavy atom. The fraction of sp³-hybridized carbons (Fsp3) is 0.500. The van der Waals surface area contributed by atoms with Crippen molar-refractivity contribution in [3.05, 3.63) is 35.9 Å². The molecular weight excluding hydrogens is 527 g/mol. The first-order valence-corrected chi connectivity index (χ1v) is 11.7. The number of ether oxygens (including phenoxy) is 1. The second kappa shape index (κ2) is 8.83. The van der Waals surface area contributed by atoms with Crippen LogP contribution >= 0.6 is 62.5 Å². The number of amides is 2. The number of fused-ring (bicyclic) bond motifs is 1. The summed E-state index contributed by atoms with van der Waals surface area (Å²) in [5, 5.41) is 2.41. The molecule has 6 nitrogen and oxygen atoms in total. The number of carbonyl (C=O) groups excluding carboxylic acids is 3. The summed E-state index contributed by atoms with van der Waals surface area (Å²) in [5.74, 6) is -0.731. The van der Waals surface area contributed by atoms with Crippen LogP contribution in [0.25, 0.3) is 0 Å². The number of rotatable bonds is 5. The van der Waals surface area contributed by atoms with E-state index in [1.54, 1.807) is 6.92 Å². The van der Waals surface area contributed by atoms with Crippen LogP contribution in [-0.2, 0) is 25.5 Å². The van der Waals surface area contributed by atoms with Crippen molar-refractivity contribution in [2.75, 3.05) is 12.4 Å². The first-order valence-electron chi connectivity index (χ1n) is 8.69. The monoisotopic (exact) mass is 542 g/mol. The van der Waals surface area contributed by atoms with Crippen LogP contribution in [0.5, 0.6) is 0 Å². The van der Waals surface area contributed by atoms with Gasteiger partial charge in [-0.1, -0.05) is 81.1 Å². The molecular formula is C18H18BrCl3N2O4S. The lowest BCUT2D eigenvalue weighted by atomic mass is 9.94. The number of carbonyl (C=O) groups is 3. The Labute approximate surface area is 196 Å². The zero-order valence-corrected chi connectivity index (χ0v) is 19.9. The molecule has 11 heteroatoms. The van der Waals surface area contributed by atoms with Crippen molar-refractivity contribution in [2.45, 2.75) is 38.9 Å². The first-order chi connectivity index (χ1) is 13.5. The predicted octanol–water partition coefficient (Wildman–Crippen LogP) is 3.06. The molecule has 2 fully saturated rings. The Hall–Kier alpha value is -0.670.